The van der Waals surface area contributed by atoms with Crippen molar-refractivity contribution < 1.29 is 19.7 Å². The normalized spacial score (nSPS) is 10.8. The summed E-state index contributed by atoms with van der Waals surface area (Å²) in [6, 6.07) is 8.99. The van der Waals surface area contributed by atoms with Crippen LogP contribution in [-0.4, -0.2) is 15.3 Å². The molecule has 0 unspecified atom stereocenters. The van der Waals surface area contributed by atoms with Gasteiger partial charge in [-0.05, 0) is 42.5 Å². The van der Waals surface area contributed by atoms with Gasteiger partial charge in [-0.3, -0.25) is 0 Å². The van der Waals surface area contributed by atoms with Crippen molar-refractivity contribution in [2.24, 2.45) is 0 Å². The van der Waals surface area contributed by atoms with Gasteiger partial charge in [0.25, 0.3) is 0 Å². The van der Waals surface area contributed by atoms with E-state index in [0.29, 0.717) is 22.1 Å². The Morgan fingerprint density at radius 1 is 0.955 bits per heavy atom. The minimum atomic E-state index is -0.114. The maximum absolute atomic E-state index is 10.3. The molecule has 0 bridgehead atoms. The van der Waals surface area contributed by atoms with Crippen LogP contribution in [0.3, 0.4) is 0 Å². The van der Waals surface area contributed by atoms with E-state index >= 15 is 0 Å². The highest BCUT2D eigenvalue weighted by Gasteiger charge is 2.18. The van der Waals surface area contributed by atoms with Crippen LogP contribution in [0, 0.1) is 0 Å². The second-order valence-corrected chi connectivity index (χ2v) is 5.68. The molecule has 3 N–H and O–H groups in total. The highest BCUT2D eigenvalue weighted by atomic mass is 35.5. The molecule has 22 heavy (non-hydrogen) atoms. The first-order chi connectivity index (χ1) is 10.5. The van der Waals surface area contributed by atoms with Gasteiger partial charge in [-0.2, -0.15) is 0 Å². The van der Waals surface area contributed by atoms with Crippen LogP contribution < -0.4 is 0 Å². The summed E-state index contributed by atoms with van der Waals surface area (Å²) in [5, 5.41) is 29.8. The molecule has 0 aliphatic carbocycles. The van der Waals surface area contributed by atoms with E-state index in [0.717, 1.165) is 0 Å². The molecule has 3 aromatic rings. The number of halogens is 2. The van der Waals surface area contributed by atoms with Crippen LogP contribution in [0.5, 0.6) is 17.2 Å². The lowest BCUT2D eigenvalue weighted by Crippen LogP contribution is -1.75. The van der Waals surface area contributed by atoms with Crippen LogP contribution in [-0.2, 0) is 0 Å². The SMILES string of the molecule is Oc1ccc(-c2oc3c(C=C(Cl)Cl)cc(O)cc3c2O)cc1. The quantitative estimate of drug-likeness (QED) is 0.616. The van der Waals surface area contributed by atoms with Gasteiger partial charge in [0.05, 0.1) is 5.39 Å². The third kappa shape index (κ3) is 2.58. The summed E-state index contributed by atoms with van der Waals surface area (Å²) in [6.07, 6.45) is 1.41. The van der Waals surface area contributed by atoms with E-state index < -0.39 is 0 Å². The molecular formula is C16H10Cl2O4. The number of hydrogen-bond donors (Lipinski definition) is 3. The van der Waals surface area contributed by atoms with Crippen molar-refractivity contribution in [1.82, 2.24) is 0 Å². The van der Waals surface area contributed by atoms with E-state index in [9.17, 15) is 15.3 Å². The third-order valence-corrected chi connectivity index (χ3v) is 3.39. The van der Waals surface area contributed by atoms with Gasteiger partial charge in [0, 0.05) is 11.1 Å². The molecule has 2 aromatic carbocycles. The topological polar surface area (TPSA) is 73.8 Å². The average Bonchev–Trinajstić information content (AvgIpc) is 2.77. The summed E-state index contributed by atoms with van der Waals surface area (Å²) in [4.78, 5) is 0. The van der Waals surface area contributed by atoms with E-state index in [2.05, 4.69) is 0 Å². The number of benzene rings is 2. The molecule has 0 fully saturated rings. The molecule has 0 atom stereocenters. The van der Waals surface area contributed by atoms with Crippen LogP contribution in [0.2, 0.25) is 0 Å². The Labute approximate surface area is 135 Å². The van der Waals surface area contributed by atoms with Crippen LogP contribution >= 0.6 is 23.2 Å². The maximum Gasteiger partial charge on any atom is 0.177 e. The summed E-state index contributed by atoms with van der Waals surface area (Å²) in [6.45, 7) is 0. The maximum atomic E-state index is 10.3. The molecule has 112 valence electrons. The van der Waals surface area contributed by atoms with E-state index in [1.165, 1.54) is 30.3 Å². The second kappa shape index (κ2) is 5.48. The van der Waals surface area contributed by atoms with Gasteiger partial charge < -0.3 is 19.7 Å². The number of rotatable bonds is 2. The molecule has 0 amide bonds. The highest BCUT2D eigenvalue weighted by Crippen LogP contribution is 2.42. The number of aromatic hydroxyl groups is 3. The van der Waals surface area contributed by atoms with E-state index in [1.807, 2.05) is 0 Å². The van der Waals surface area contributed by atoms with E-state index in [4.69, 9.17) is 27.6 Å². The van der Waals surface area contributed by atoms with Gasteiger partial charge in [-0.25, -0.2) is 0 Å². The zero-order valence-electron chi connectivity index (χ0n) is 11.0. The molecule has 1 aromatic heterocycles. The number of fused-ring (bicyclic) bond motifs is 1. The lowest BCUT2D eigenvalue weighted by Gasteiger charge is -1.98. The molecule has 6 heteroatoms. The Morgan fingerprint density at radius 2 is 1.64 bits per heavy atom. The first-order valence-electron chi connectivity index (χ1n) is 6.26. The summed E-state index contributed by atoms with van der Waals surface area (Å²) in [5.74, 6) is 0.161. The first-order valence-corrected chi connectivity index (χ1v) is 7.02. The zero-order valence-corrected chi connectivity index (χ0v) is 12.6. The molecule has 0 saturated heterocycles. The molecular weight excluding hydrogens is 327 g/mol. The highest BCUT2D eigenvalue weighted by molar-refractivity contribution is 6.57. The van der Waals surface area contributed by atoms with E-state index in [1.54, 1.807) is 12.1 Å². The van der Waals surface area contributed by atoms with Gasteiger partial charge >= 0.3 is 0 Å². The second-order valence-electron chi connectivity index (χ2n) is 4.67. The predicted octanol–water partition coefficient (Wildman–Crippen LogP) is 4.99. The van der Waals surface area contributed by atoms with Gasteiger partial charge in [0.2, 0.25) is 0 Å². The van der Waals surface area contributed by atoms with Crippen molar-refractivity contribution in [3.05, 3.63) is 46.5 Å². The van der Waals surface area contributed by atoms with Crippen LogP contribution in [0.15, 0.2) is 45.3 Å². The Morgan fingerprint density at radius 3 is 2.27 bits per heavy atom. The Bertz CT molecular complexity index is 875. The number of phenols is 2. The van der Waals surface area contributed by atoms with Gasteiger partial charge in [0.15, 0.2) is 11.5 Å². The Kier molecular flexibility index (Phi) is 3.64. The first kappa shape index (κ1) is 14.6. The van der Waals surface area contributed by atoms with Crippen molar-refractivity contribution in [2.45, 2.75) is 0 Å². The summed E-state index contributed by atoms with van der Waals surface area (Å²) >= 11 is 11.3. The van der Waals surface area contributed by atoms with Crippen molar-refractivity contribution in [3.8, 4) is 28.6 Å². The molecule has 3 rings (SSSR count). The van der Waals surface area contributed by atoms with Crippen molar-refractivity contribution in [1.29, 1.82) is 0 Å². The Balaban J connectivity index is 2.28. The smallest absolute Gasteiger partial charge is 0.177 e. The van der Waals surface area contributed by atoms with Gasteiger partial charge in [-0.1, -0.05) is 23.2 Å². The lowest BCUT2D eigenvalue weighted by atomic mass is 10.1. The Hall–Kier alpha value is -2.30. The van der Waals surface area contributed by atoms with Gasteiger partial charge in [-0.15, -0.1) is 0 Å². The van der Waals surface area contributed by atoms with Crippen LogP contribution in [0.25, 0.3) is 28.4 Å². The number of hydrogen-bond acceptors (Lipinski definition) is 4. The fourth-order valence-corrected chi connectivity index (χ4v) is 2.47. The third-order valence-electron chi connectivity index (χ3n) is 3.17. The fourth-order valence-electron chi connectivity index (χ4n) is 2.23. The molecule has 0 aliphatic heterocycles. The molecule has 0 spiro atoms. The fraction of sp³-hybridized carbons (Fsp3) is 0. The van der Waals surface area contributed by atoms with Crippen LogP contribution in [0.4, 0.5) is 0 Å². The standard InChI is InChI=1S/C16H10Cl2O4/c17-13(18)6-9-5-11(20)7-12-14(21)16(22-15(9)12)8-1-3-10(19)4-2-8/h1-7,19-21H. The van der Waals surface area contributed by atoms with Gasteiger partial charge in [0.1, 0.15) is 21.6 Å². The van der Waals surface area contributed by atoms with E-state index in [-0.39, 0.29) is 27.5 Å². The predicted molar refractivity (Wildman–Crippen MR) is 86.3 cm³/mol. The number of furan rings is 1. The van der Waals surface area contributed by atoms with Crippen LogP contribution in [0.1, 0.15) is 5.56 Å². The molecule has 0 aliphatic rings. The molecule has 0 saturated carbocycles. The van der Waals surface area contributed by atoms with Crippen molar-refractivity contribution >= 4 is 40.2 Å². The minimum Gasteiger partial charge on any atom is -0.508 e. The minimum absolute atomic E-state index is 0.00558. The lowest BCUT2D eigenvalue weighted by molar-refractivity contribution is 0.468. The largest absolute Gasteiger partial charge is 0.508 e. The molecule has 4 nitrogen and oxygen atoms in total. The van der Waals surface area contributed by atoms with Crippen molar-refractivity contribution in [2.75, 3.05) is 0 Å². The van der Waals surface area contributed by atoms with Crippen molar-refractivity contribution in [3.63, 3.8) is 0 Å². The summed E-state index contributed by atoms with van der Waals surface area (Å²) < 4.78 is 5.70. The zero-order chi connectivity index (χ0) is 15.9. The monoisotopic (exact) mass is 336 g/mol. The summed E-state index contributed by atoms with van der Waals surface area (Å²) in [7, 11) is 0. The molecule has 1 heterocycles. The number of phenolic OH excluding ortho intramolecular Hbond substituents is 2. The average molecular weight is 337 g/mol. The molecule has 0 radical (unpaired) electrons. The summed E-state index contributed by atoms with van der Waals surface area (Å²) in [5.41, 5.74) is 1.37.